The lowest BCUT2D eigenvalue weighted by molar-refractivity contribution is -0.122. The molecule has 0 aliphatic carbocycles. The van der Waals surface area contributed by atoms with Gasteiger partial charge in [0, 0.05) is 24.6 Å². The van der Waals surface area contributed by atoms with Gasteiger partial charge in [0.1, 0.15) is 12.4 Å². The molecule has 0 spiro atoms. The number of carbonyl (C=O) groups is 1. The van der Waals surface area contributed by atoms with E-state index < -0.39 is 0 Å². The fourth-order valence-corrected chi connectivity index (χ4v) is 3.41. The normalized spacial score (nSPS) is 17.7. The van der Waals surface area contributed by atoms with E-state index in [0.29, 0.717) is 25.6 Å². The Bertz CT molecular complexity index is 702. The number of likely N-dealkylation sites (tertiary alicyclic amines) is 1. The van der Waals surface area contributed by atoms with Gasteiger partial charge in [-0.3, -0.25) is 4.79 Å². The van der Waals surface area contributed by atoms with Crippen LogP contribution in [0.15, 0.2) is 54.6 Å². The van der Waals surface area contributed by atoms with Gasteiger partial charge in [0.05, 0.1) is 0 Å². The van der Waals surface area contributed by atoms with Crippen LogP contribution in [0.2, 0.25) is 0 Å². The fourth-order valence-electron chi connectivity index (χ4n) is 3.41. The zero-order chi connectivity index (χ0) is 18.2. The Labute approximate surface area is 156 Å². The molecule has 1 fully saturated rings. The van der Waals surface area contributed by atoms with Crippen LogP contribution >= 0.6 is 0 Å². The number of hydrogen-bond donors (Lipinski definition) is 1. The second kappa shape index (κ2) is 9.39. The van der Waals surface area contributed by atoms with Gasteiger partial charge in [0.2, 0.25) is 5.91 Å². The van der Waals surface area contributed by atoms with Crippen LogP contribution < -0.4 is 10.1 Å². The van der Waals surface area contributed by atoms with E-state index in [1.54, 1.807) is 0 Å². The van der Waals surface area contributed by atoms with E-state index in [4.69, 9.17) is 4.74 Å². The number of benzene rings is 2. The zero-order valence-corrected chi connectivity index (χ0v) is 15.5. The first-order chi connectivity index (χ1) is 12.7. The Balaban J connectivity index is 1.52. The van der Waals surface area contributed by atoms with Gasteiger partial charge in [-0.2, -0.15) is 0 Å². The maximum atomic E-state index is 12.3. The van der Waals surface area contributed by atoms with E-state index in [1.807, 2.05) is 54.6 Å². The predicted molar refractivity (Wildman–Crippen MR) is 104 cm³/mol. The van der Waals surface area contributed by atoms with Gasteiger partial charge >= 0.3 is 0 Å². The van der Waals surface area contributed by atoms with Gasteiger partial charge in [-0.15, -0.1) is 0 Å². The fraction of sp³-hybridized carbons (Fsp3) is 0.409. The van der Waals surface area contributed by atoms with E-state index in [-0.39, 0.29) is 5.91 Å². The molecule has 1 amide bonds. The van der Waals surface area contributed by atoms with Crippen LogP contribution in [0.1, 0.15) is 36.8 Å². The minimum Gasteiger partial charge on any atom is -0.489 e. The maximum absolute atomic E-state index is 12.3. The zero-order valence-electron chi connectivity index (χ0n) is 15.5. The topological polar surface area (TPSA) is 41.6 Å². The van der Waals surface area contributed by atoms with E-state index in [1.165, 1.54) is 12.8 Å². The molecule has 0 bridgehead atoms. The van der Waals surface area contributed by atoms with Crippen LogP contribution in [0.3, 0.4) is 0 Å². The molecule has 26 heavy (non-hydrogen) atoms. The van der Waals surface area contributed by atoms with Crippen molar-refractivity contribution in [3.63, 3.8) is 0 Å². The van der Waals surface area contributed by atoms with Gasteiger partial charge in [0.25, 0.3) is 0 Å². The molecule has 4 heteroatoms. The Morgan fingerprint density at radius 3 is 2.69 bits per heavy atom. The first kappa shape index (κ1) is 18.5. The van der Waals surface area contributed by atoms with Gasteiger partial charge in [0.15, 0.2) is 0 Å². The quantitative estimate of drug-likeness (QED) is 0.825. The number of nitrogens with one attached hydrogen (secondary N) is 1. The lowest BCUT2D eigenvalue weighted by atomic mass is 10.00. The van der Waals surface area contributed by atoms with Crippen molar-refractivity contribution < 1.29 is 9.53 Å². The number of ether oxygens (including phenoxy) is 1. The first-order valence-electron chi connectivity index (χ1n) is 9.44. The van der Waals surface area contributed by atoms with Crippen molar-refractivity contribution in [1.29, 1.82) is 0 Å². The Kier molecular flexibility index (Phi) is 6.67. The van der Waals surface area contributed by atoms with Crippen LogP contribution in [-0.2, 0) is 17.9 Å². The third-order valence-electron chi connectivity index (χ3n) is 5.03. The monoisotopic (exact) mass is 352 g/mol. The molecular formula is C22H28N2O2. The summed E-state index contributed by atoms with van der Waals surface area (Å²) in [4.78, 5) is 14.6. The minimum atomic E-state index is 0.113. The van der Waals surface area contributed by atoms with Crippen LogP contribution in [-0.4, -0.2) is 30.4 Å². The van der Waals surface area contributed by atoms with Crippen LogP contribution in [0, 0.1) is 0 Å². The summed E-state index contributed by atoms with van der Waals surface area (Å²) in [5.41, 5.74) is 2.14. The average Bonchev–Trinajstić information content (AvgIpc) is 2.68. The van der Waals surface area contributed by atoms with E-state index >= 15 is 0 Å². The summed E-state index contributed by atoms with van der Waals surface area (Å²) in [5.74, 6) is 0.938. The second-order valence-corrected chi connectivity index (χ2v) is 6.99. The van der Waals surface area contributed by atoms with E-state index in [9.17, 15) is 4.79 Å². The first-order valence-corrected chi connectivity index (χ1v) is 9.44. The summed E-state index contributed by atoms with van der Waals surface area (Å²) in [6, 6.07) is 18.4. The third kappa shape index (κ3) is 5.33. The molecular weight excluding hydrogens is 324 g/mol. The summed E-state index contributed by atoms with van der Waals surface area (Å²) in [6.45, 7) is 2.12. The molecule has 1 N–H and O–H groups in total. The average molecular weight is 352 g/mol. The van der Waals surface area contributed by atoms with Crippen molar-refractivity contribution in [2.45, 2.75) is 44.9 Å². The molecule has 1 unspecified atom stereocenters. The van der Waals surface area contributed by atoms with Crippen molar-refractivity contribution in [3.05, 3.63) is 65.7 Å². The van der Waals surface area contributed by atoms with E-state index in [0.717, 1.165) is 29.8 Å². The lowest BCUT2D eigenvalue weighted by Gasteiger charge is -2.31. The van der Waals surface area contributed by atoms with Crippen LogP contribution in [0.4, 0.5) is 0 Å². The molecule has 1 atom stereocenters. The third-order valence-corrected chi connectivity index (χ3v) is 5.03. The van der Waals surface area contributed by atoms with Gasteiger partial charge < -0.3 is 15.0 Å². The Hall–Kier alpha value is -2.33. The molecule has 4 nitrogen and oxygen atoms in total. The molecule has 138 valence electrons. The highest BCUT2D eigenvalue weighted by Crippen LogP contribution is 2.20. The largest absolute Gasteiger partial charge is 0.489 e. The van der Waals surface area contributed by atoms with Crippen molar-refractivity contribution in [1.82, 2.24) is 10.2 Å². The Morgan fingerprint density at radius 1 is 1.12 bits per heavy atom. The molecule has 1 saturated heterocycles. The molecule has 0 radical (unpaired) electrons. The van der Waals surface area contributed by atoms with E-state index in [2.05, 4.69) is 17.3 Å². The van der Waals surface area contributed by atoms with Gasteiger partial charge in [-0.1, -0.05) is 55.0 Å². The standard InChI is InChI=1S/C22H28N2O2/c1-24-14-8-7-12-20(24)15-22(25)23-16-19-11-5-6-13-21(19)26-17-18-9-3-2-4-10-18/h2-6,9-11,13,20H,7-8,12,14-17H2,1H3,(H,23,25). The molecule has 2 aromatic carbocycles. The summed E-state index contributed by atoms with van der Waals surface area (Å²) in [5, 5.41) is 3.06. The summed E-state index contributed by atoms with van der Waals surface area (Å²) in [6.07, 6.45) is 4.14. The molecule has 0 saturated carbocycles. The smallest absolute Gasteiger partial charge is 0.221 e. The number of hydrogen-bond acceptors (Lipinski definition) is 3. The molecule has 3 rings (SSSR count). The molecule has 1 heterocycles. The van der Waals surface area contributed by atoms with Crippen LogP contribution in [0.25, 0.3) is 0 Å². The predicted octanol–water partition coefficient (Wildman–Crippen LogP) is 3.76. The van der Waals surface area contributed by atoms with Crippen LogP contribution in [0.5, 0.6) is 5.75 Å². The number of rotatable bonds is 7. The number of nitrogens with zero attached hydrogens (tertiary/aromatic N) is 1. The van der Waals surface area contributed by atoms with Crippen molar-refractivity contribution in [2.24, 2.45) is 0 Å². The van der Waals surface area contributed by atoms with Gasteiger partial charge in [-0.25, -0.2) is 0 Å². The highest BCUT2D eigenvalue weighted by atomic mass is 16.5. The summed E-state index contributed by atoms with van der Waals surface area (Å²) >= 11 is 0. The number of piperidine rings is 1. The number of carbonyl (C=O) groups excluding carboxylic acids is 1. The second-order valence-electron chi connectivity index (χ2n) is 6.99. The Morgan fingerprint density at radius 2 is 1.88 bits per heavy atom. The SMILES string of the molecule is CN1CCCCC1CC(=O)NCc1ccccc1OCc1ccccc1. The highest BCUT2D eigenvalue weighted by molar-refractivity contribution is 5.76. The molecule has 1 aliphatic rings. The minimum absolute atomic E-state index is 0.113. The molecule has 1 aliphatic heterocycles. The molecule has 0 aromatic heterocycles. The molecule has 2 aromatic rings. The van der Waals surface area contributed by atoms with Crippen molar-refractivity contribution >= 4 is 5.91 Å². The van der Waals surface area contributed by atoms with Gasteiger partial charge in [-0.05, 0) is 38.1 Å². The van der Waals surface area contributed by atoms with Crippen molar-refractivity contribution in [2.75, 3.05) is 13.6 Å². The lowest BCUT2D eigenvalue weighted by Crippen LogP contribution is -2.40. The highest BCUT2D eigenvalue weighted by Gasteiger charge is 2.21. The maximum Gasteiger partial charge on any atom is 0.221 e. The van der Waals surface area contributed by atoms with Crippen molar-refractivity contribution in [3.8, 4) is 5.75 Å². The number of para-hydroxylation sites is 1. The summed E-state index contributed by atoms with van der Waals surface area (Å²) in [7, 11) is 2.11. The number of amides is 1. The summed E-state index contributed by atoms with van der Waals surface area (Å²) < 4.78 is 5.96.